The molecular formula is C19H27NS. The number of hydrogen-bond donors (Lipinski definition) is 1. The van der Waals surface area contributed by atoms with E-state index in [4.69, 9.17) is 0 Å². The van der Waals surface area contributed by atoms with Crippen molar-refractivity contribution in [3.05, 3.63) is 51.7 Å². The van der Waals surface area contributed by atoms with E-state index in [0.29, 0.717) is 0 Å². The van der Waals surface area contributed by atoms with Crippen LogP contribution in [0, 0.1) is 0 Å². The van der Waals surface area contributed by atoms with Gasteiger partial charge in [-0.05, 0) is 34.6 Å². The fourth-order valence-electron chi connectivity index (χ4n) is 2.32. The molecule has 0 bridgehead atoms. The van der Waals surface area contributed by atoms with E-state index >= 15 is 0 Å². The monoisotopic (exact) mass is 301 g/mol. The molecule has 0 saturated heterocycles. The number of benzene rings is 1. The summed E-state index contributed by atoms with van der Waals surface area (Å²) in [5.74, 6) is 0. The van der Waals surface area contributed by atoms with Crippen LogP contribution in [0.15, 0.2) is 36.4 Å². The quantitative estimate of drug-likeness (QED) is 0.738. The topological polar surface area (TPSA) is 12.0 Å². The van der Waals surface area contributed by atoms with Gasteiger partial charge in [-0.2, -0.15) is 0 Å². The minimum atomic E-state index is 0.196. The van der Waals surface area contributed by atoms with Crippen LogP contribution in [0.4, 0.5) is 5.69 Å². The second-order valence-electron chi connectivity index (χ2n) is 7.68. The van der Waals surface area contributed by atoms with E-state index in [1.54, 1.807) is 0 Å². The van der Waals surface area contributed by atoms with Gasteiger partial charge in [-0.3, -0.25) is 0 Å². The number of hydrogen-bond acceptors (Lipinski definition) is 2. The minimum absolute atomic E-state index is 0.196. The molecule has 0 saturated carbocycles. The van der Waals surface area contributed by atoms with Crippen LogP contribution in [0.25, 0.3) is 0 Å². The van der Waals surface area contributed by atoms with E-state index in [0.717, 1.165) is 6.54 Å². The first kappa shape index (κ1) is 16.1. The Kier molecular flexibility index (Phi) is 4.48. The molecule has 1 aromatic heterocycles. The summed E-state index contributed by atoms with van der Waals surface area (Å²) in [6.07, 6.45) is 0. The second-order valence-corrected chi connectivity index (χ2v) is 8.74. The lowest BCUT2D eigenvalue weighted by Gasteiger charge is -2.20. The van der Waals surface area contributed by atoms with Crippen molar-refractivity contribution >= 4 is 17.0 Å². The molecule has 0 atom stereocenters. The largest absolute Gasteiger partial charge is 0.381 e. The van der Waals surface area contributed by atoms with Crippen LogP contribution in [0.3, 0.4) is 0 Å². The first-order chi connectivity index (χ1) is 9.68. The lowest BCUT2D eigenvalue weighted by molar-refractivity contribution is 0.598. The SMILES string of the molecule is CC(C)(C)c1cc(CNc2ccccc2)c(C(C)(C)C)s1. The Bertz CT molecular complexity index is 582. The zero-order valence-electron chi connectivity index (χ0n) is 14.1. The van der Waals surface area contributed by atoms with Gasteiger partial charge in [0, 0.05) is 22.0 Å². The molecule has 0 radical (unpaired) electrons. The average molecular weight is 301 g/mol. The number of anilines is 1. The first-order valence-corrected chi connectivity index (χ1v) is 8.42. The van der Waals surface area contributed by atoms with Crippen molar-refractivity contribution in [2.75, 3.05) is 5.32 Å². The number of para-hydroxylation sites is 1. The predicted molar refractivity (Wildman–Crippen MR) is 95.5 cm³/mol. The second kappa shape index (κ2) is 5.84. The van der Waals surface area contributed by atoms with Crippen molar-refractivity contribution in [3.63, 3.8) is 0 Å². The van der Waals surface area contributed by atoms with Gasteiger partial charge >= 0.3 is 0 Å². The molecule has 0 aliphatic carbocycles. The summed E-state index contributed by atoms with van der Waals surface area (Å²) < 4.78 is 0. The van der Waals surface area contributed by atoms with Gasteiger partial charge in [-0.25, -0.2) is 0 Å². The highest BCUT2D eigenvalue weighted by Gasteiger charge is 2.25. The predicted octanol–water partition coefficient (Wildman–Crippen LogP) is 5.96. The molecule has 0 fully saturated rings. The summed E-state index contributed by atoms with van der Waals surface area (Å²) in [6, 6.07) is 12.8. The summed E-state index contributed by atoms with van der Waals surface area (Å²) in [4.78, 5) is 2.97. The van der Waals surface area contributed by atoms with Crippen molar-refractivity contribution < 1.29 is 0 Å². The molecule has 0 amide bonds. The molecule has 0 aliphatic rings. The third-order valence-electron chi connectivity index (χ3n) is 3.49. The number of nitrogens with one attached hydrogen (secondary N) is 1. The Morgan fingerprint density at radius 3 is 2.05 bits per heavy atom. The van der Waals surface area contributed by atoms with E-state index < -0.39 is 0 Å². The molecular weight excluding hydrogens is 274 g/mol. The number of thiophene rings is 1. The Balaban J connectivity index is 2.27. The summed E-state index contributed by atoms with van der Waals surface area (Å²) in [5, 5.41) is 3.54. The summed E-state index contributed by atoms with van der Waals surface area (Å²) in [5.41, 5.74) is 3.03. The van der Waals surface area contributed by atoms with Crippen molar-refractivity contribution in [2.24, 2.45) is 0 Å². The molecule has 114 valence electrons. The molecule has 1 nitrogen and oxygen atoms in total. The fraction of sp³-hybridized carbons (Fsp3) is 0.474. The van der Waals surface area contributed by atoms with Crippen LogP contribution in [-0.4, -0.2) is 0 Å². The van der Waals surface area contributed by atoms with Gasteiger partial charge in [-0.15, -0.1) is 11.3 Å². The van der Waals surface area contributed by atoms with E-state index in [9.17, 15) is 0 Å². The molecule has 1 heterocycles. The molecule has 1 aromatic carbocycles. The smallest absolute Gasteiger partial charge is 0.0412 e. The van der Waals surface area contributed by atoms with E-state index in [1.807, 2.05) is 17.4 Å². The van der Waals surface area contributed by atoms with Crippen LogP contribution in [0.2, 0.25) is 0 Å². The zero-order chi connectivity index (χ0) is 15.7. The van der Waals surface area contributed by atoms with Crippen LogP contribution < -0.4 is 5.32 Å². The van der Waals surface area contributed by atoms with Gasteiger partial charge in [0.2, 0.25) is 0 Å². The standard InChI is InChI=1S/C19H27NS/c1-18(2,3)16-12-14(17(21-16)19(4,5)6)13-20-15-10-8-7-9-11-15/h7-12,20H,13H2,1-6H3. The molecule has 1 N–H and O–H groups in total. The van der Waals surface area contributed by atoms with Gasteiger partial charge in [0.05, 0.1) is 0 Å². The molecule has 21 heavy (non-hydrogen) atoms. The lowest BCUT2D eigenvalue weighted by atomic mass is 9.90. The average Bonchev–Trinajstić information content (AvgIpc) is 2.81. The van der Waals surface area contributed by atoms with Crippen molar-refractivity contribution in [3.8, 4) is 0 Å². The van der Waals surface area contributed by atoms with E-state index in [2.05, 4.69) is 77.2 Å². The lowest BCUT2D eigenvalue weighted by Crippen LogP contribution is -2.13. The van der Waals surface area contributed by atoms with Gasteiger partial charge in [-0.1, -0.05) is 59.7 Å². The molecule has 0 aliphatic heterocycles. The Hall–Kier alpha value is -1.28. The summed E-state index contributed by atoms with van der Waals surface area (Å²) >= 11 is 1.97. The van der Waals surface area contributed by atoms with Crippen molar-refractivity contribution in [1.29, 1.82) is 0 Å². The maximum Gasteiger partial charge on any atom is 0.0412 e. The molecule has 0 spiro atoms. The molecule has 0 unspecified atom stereocenters. The van der Waals surface area contributed by atoms with Crippen molar-refractivity contribution in [1.82, 2.24) is 0 Å². The Morgan fingerprint density at radius 1 is 0.905 bits per heavy atom. The van der Waals surface area contributed by atoms with Crippen LogP contribution in [0.1, 0.15) is 56.9 Å². The summed E-state index contributed by atoms with van der Waals surface area (Å²) in [6.45, 7) is 14.7. The normalized spacial score (nSPS) is 12.5. The highest BCUT2D eigenvalue weighted by Crippen LogP contribution is 2.39. The van der Waals surface area contributed by atoms with Gasteiger partial charge in [0.15, 0.2) is 0 Å². The molecule has 2 rings (SSSR count). The zero-order valence-corrected chi connectivity index (χ0v) is 14.9. The Labute approximate surface area is 133 Å². The third-order valence-corrected chi connectivity index (χ3v) is 5.51. The summed E-state index contributed by atoms with van der Waals surface area (Å²) in [7, 11) is 0. The maximum absolute atomic E-state index is 3.54. The number of rotatable bonds is 3. The molecule has 2 aromatic rings. The van der Waals surface area contributed by atoms with E-state index in [-0.39, 0.29) is 10.8 Å². The van der Waals surface area contributed by atoms with Gasteiger partial charge in [0.1, 0.15) is 0 Å². The van der Waals surface area contributed by atoms with Crippen LogP contribution in [0.5, 0.6) is 0 Å². The minimum Gasteiger partial charge on any atom is -0.381 e. The van der Waals surface area contributed by atoms with Crippen LogP contribution >= 0.6 is 11.3 Å². The van der Waals surface area contributed by atoms with Crippen molar-refractivity contribution in [2.45, 2.75) is 58.9 Å². The van der Waals surface area contributed by atoms with Gasteiger partial charge in [0.25, 0.3) is 0 Å². The maximum atomic E-state index is 3.54. The fourth-order valence-corrected chi connectivity index (χ4v) is 3.61. The first-order valence-electron chi connectivity index (χ1n) is 7.60. The van der Waals surface area contributed by atoms with Gasteiger partial charge < -0.3 is 5.32 Å². The highest BCUT2D eigenvalue weighted by atomic mass is 32.1. The third kappa shape index (κ3) is 4.10. The molecule has 2 heteroatoms. The van der Waals surface area contributed by atoms with Crippen LogP contribution in [-0.2, 0) is 17.4 Å². The van der Waals surface area contributed by atoms with E-state index in [1.165, 1.54) is 21.0 Å². The highest BCUT2D eigenvalue weighted by molar-refractivity contribution is 7.12. The Morgan fingerprint density at radius 2 is 1.52 bits per heavy atom.